The van der Waals surface area contributed by atoms with E-state index >= 15 is 0 Å². The number of allylic oxidation sites excluding steroid dienone is 2. The minimum atomic E-state index is 0.286. The van der Waals surface area contributed by atoms with Gasteiger partial charge in [-0.15, -0.1) is 0 Å². The molecule has 110 valence electrons. The average molecular weight is 382 g/mol. The highest BCUT2D eigenvalue weighted by Crippen LogP contribution is 2.49. The molecule has 0 saturated heterocycles. The van der Waals surface area contributed by atoms with Crippen molar-refractivity contribution in [2.45, 2.75) is 56.8 Å². The highest BCUT2D eigenvalue weighted by Gasteiger charge is 2.41. The molecule has 0 fully saturated rings. The number of aryl methyl sites for hydroxylation is 1. The lowest BCUT2D eigenvalue weighted by Crippen LogP contribution is -2.38. The van der Waals surface area contributed by atoms with Crippen LogP contribution in [0, 0.1) is 18.8 Å². The molecule has 0 bridgehead atoms. The zero-order chi connectivity index (χ0) is 15.1. The van der Waals surface area contributed by atoms with Crippen molar-refractivity contribution < 1.29 is 0 Å². The third-order valence-corrected chi connectivity index (χ3v) is 6.70. The quantitative estimate of drug-likeness (QED) is 0.323. The molecule has 1 aliphatic rings. The van der Waals surface area contributed by atoms with Gasteiger partial charge in [0, 0.05) is 9.34 Å². The largest absolute Gasteiger partial charge is 0.0847 e. The lowest BCUT2D eigenvalue weighted by Gasteiger charge is -2.42. The van der Waals surface area contributed by atoms with E-state index < -0.39 is 0 Å². The van der Waals surface area contributed by atoms with Gasteiger partial charge in [-0.1, -0.05) is 86.2 Å². The molecule has 0 radical (unpaired) electrons. The second-order valence-corrected chi connectivity index (χ2v) is 9.32. The molecule has 1 aliphatic carbocycles. The molecule has 1 aromatic carbocycles. The fourth-order valence-electron chi connectivity index (χ4n) is 3.23. The fourth-order valence-corrected chi connectivity index (χ4v) is 4.37. The van der Waals surface area contributed by atoms with Gasteiger partial charge in [-0.25, -0.2) is 0 Å². The van der Waals surface area contributed by atoms with Gasteiger partial charge < -0.3 is 0 Å². The van der Waals surface area contributed by atoms with Crippen LogP contribution in [0.15, 0.2) is 30.4 Å². The Morgan fingerprint density at radius 3 is 2.35 bits per heavy atom. The maximum absolute atomic E-state index is 2.69. The van der Waals surface area contributed by atoms with Crippen molar-refractivity contribution in [2.24, 2.45) is 11.8 Å². The topological polar surface area (TPSA) is 0 Å². The van der Waals surface area contributed by atoms with Crippen molar-refractivity contribution in [2.75, 3.05) is 0 Å². The number of rotatable bonds is 2. The zero-order valence-corrected chi connectivity index (χ0v) is 15.7. The van der Waals surface area contributed by atoms with Crippen LogP contribution >= 0.6 is 22.6 Å². The van der Waals surface area contributed by atoms with Crippen LogP contribution in [0.2, 0.25) is 0 Å². The molecule has 0 nitrogen and oxygen atoms in total. The van der Waals surface area contributed by atoms with Gasteiger partial charge in [-0.3, -0.25) is 0 Å². The molecule has 20 heavy (non-hydrogen) atoms. The number of alkyl halides is 1. The van der Waals surface area contributed by atoms with Crippen LogP contribution < -0.4 is 0 Å². The van der Waals surface area contributed by atoms with Crippen LogP contribution in [-0.2, 0) is 0 Å². The summed E-state index contributed by atoms with van der Waals surface area (Å²) in [5.41, 5.74) is 4.34. The Balaban J connectivity index is 2.48. The summed E-state index contributed by atoms with van der Waals surface area (Å²) in [6.45, 7) is 13.9. The van der Waals surface area contributed by atoms with Gasteiger partial charge in [0.2, 0.25) is 0 Å². The monoisotopic (exact) mass is 382 g/mol. The lowest BCUT2D eigenvalue weighted by atomic mass is 9.70. The molecular formula is C19H27I. The average Bonchev–Trinajstić information content (AvgIpc) is 2.35. The van der Waals surface area contributed by atoms with Crippen LogP contribution in [0.1, 0.15) is 63.1 Å². The fraction of sp³-hybridized carbons (Fsp3) is 0.579. The first-order valence-corrected chi connectivity index (χ1v) is 8.80. The van der Waals surface area contributed by atoms with Crippen molar-refractivity contribution in [3.05, 3.63) is 47.0 Å². The summed E-state index contributed by atoms with van der Waals surface area (Å²) in [5, 5.41) is 0. The van der Waals surface area contributed by atoms with Crippen molar-refractivity contribution in [3.63, 3.8) is 0 Å². The Hall–Kier alpha value is -0.310. The third-order valence-electron chi connectivity index (χ3n) is 5.04. The van der Waals surface area contributed by atoms with Crippen molar-refractivity contribution in [1.29, 1.82) is 0 Å². The van der Waals surface area contributed by atoms with Gasteiger partial charge in [-0.2, -0.15) is 0 Å². The van der Waals surface area contributed by atoms with Crippen LogP contribution in [0.5, 0.6) is 0 Å². The molecule has 0 spiro atoms. The Labute approximate surface area is 138 Å². The van der Waals surface area contributed by atoms with Gasteiger partial charge in [0.25, 0.3) is 0 Å². The first-order chi connectivity index (χ1) is 9.23. The molecule has 0 heterocycles. The van der Waals surface area contributed by atoms with E-state index in [2.05, 4.69) is 94.5 Å². The minimum Gasteiger partial charge on any atom is -0.0847 e. The summed E-state index contributed by atoms with van der Waals surface area (Å²) in [4.78, 5) is 0. The highest BCUT2D eigenvalue weighted by atomic mass is 127. The lowest BCUT2D eigenvalue weighted by molar-refractivity contribution is 0.331. The number of benzene rings is 1. The summed E-state index contributed by atoms with van der Waals surface area (Å²) in [5.74, 6) is 2.48. The van der Waals surface area contributed by atoms with E-state index in [0.29, 0.717) is 23.7 Å². The Morgan fingerprint density at radius 1 is 1.10 bits per heavy atom. The standard InChI is InChI=1S/C19H27I/c1-12(2)16-9-13(3)10-17(11-16)18-8-7-14(4)15(5)19(18,6)20/h7-12,14-15,18H,1-6H3. The Bertz CT molecular complexity index is 510. The molecule has 0 N–H and O–H groups in total. The van der Waals surface area contributed by atoms with E-state index in [4.69, 9.17) is 0 Å². The van der Waals surface area contributed by atoms with E-state index in [-0.39, 0.29) is 3.42 Å². The van der Waals surface area contributed by atoms with Crippen molar-refractivity contribution >= 4 is 22.6 Å². The van der Waals surface area contributed by atoms with Gasteiger partial charge in [-0.05, 0) is 42.7 Å². The molecule has 4 unspecified atom stereocenters. The van der Waals surface area contributed by atoms with Gasteiger partial charge >= 0.3 is 0 Å². The number of hydrogen-bond acceptors (Lipinski definition) is 0. The molecule has 0 aliphatic heterocycles. The smallest absolute Gasteiger partial charge is 0.0328 e. The van der Waals surface area contributed by atoms with E-state index in [9.17, 15) is 0 Å². The number of halogens is 1. The SMILES string of the molecule is Cc1cc(C(C)C)cc(C2C=CC(C)C(C)C2(C)I)c1. The van der Waals surface area contributed by atoms with Gasteiger partial charge in [0.1, 0.15) is 0 Å². The van der Waals surface area contributed by atoms with E-state index in [1.165, 1.54) is 16.7 Å². The van der Waals surface area contributed by atoms with E-state index in [1.807, 2.05) is 0 Å². The Kier molecular flexibility index (Phi) is 4.68. The summed E-state index contributed by atoms with van der Waals surface area (Å²) >= 11 is 2.69. The molecule has 0 saturated carbocycles. The van der Waals surface area contributed by atoms with Crippen LogP contribution in [0.25, 0.3) is 0 Å². The molecule has 0 amide bonds. The van der Waals surface area contributed by atoms with Gasteiger partial charge in [0.05, 0.1) is 0 Å². The van der Waals surface area contributed by atoms with Crippen LogP contribution in [-0.4, -0.2) is 3.42 Å². The second-order valence-electron chi connectivity index (χ2n) is 6.99. The third kappa shape index (κ3) is 2.98. The van der Waals surface area contributed by atoms with Crippen molar-refractivity contribution in [3.8, 4) is 0 Å². The minimum absolute atomic E-state index is 0.286. The van der Waals surface area contributed by atoms with Gasteiger partial charge in [0.15, 0.2) is 0 Å². The maximum atomic E-state index is 2.69. The summed E-state index contributed by atoms with van der Waals surface area (Å²) in [7, 11) is 0. The molecule has 4 atom stereocenters. The van der Waals surface area contributed by atoms with E-state index in [1.54, 1.807) is 0 Å². The molecule has 2 rings (SSSR count). The Morgan fingerprint density at radius 2 is 1.75 bits per heavy atom. The highest BCUT2D eigenvalue weighted by molar-refractivity contribution is 14.1. The van der Waals surface area contributed by atoms with E-state index in [0.717, 1.165) is 0 Å². The summed E-state index contributed by atoms with van der Waals surface area (Å²) in [6, 6.07) is 7.13. The summed E-state index contributed by atoms with van der Waals surface area (Å²) < 4.78 is 0.286. The summed E-state index contributed by atoms with van der Waals surface area (Å²) in [6.07, 6.45) is 4.85. The predicted octanol–water partition coefficient (Wildman–Crippen LogP) is 6.24. The molecule has 1 aromatic rings. The maximum Gasteiger partial charge on any atom is 0.0328 e. The van der Waals surface area contributed by atoms with Crippen LogP contribution in [0.4, 0.5) is 0 Å². The molecule has 0 aromatic heterocycles. The zero-order valence-electron chi connectivity index (χ0n) is 13.6. The predicted molar refractivity (Wildman–Crippen MR) is 97.9 cm³/mol. The number of hydrogen-bond donors (Lipinski definition) is 0. The molecule has 1 heteroatoms. The molecular weight excluding hydrogens is 355 g/mol. The van der Waals surface area contributed by atoms with Crippen molar-refractivity contribution in [1.82, 2.24) is 0 Å². The first-order valence-electron chi connectivity index (χ1n) is 7.72. The van der Waals surface area contributed by atoms with Crippen LogP contribution in [0.3, 0.4) is 0 Å². The second kappa shape index (κ2) is 5.82. The first kappa shape index (κ1) is 16.1. The normalized spacial score (nSPS) is 33.7.